The van der Waals surface area contributed by atoms with Crippen LogP contribution in [0.5, 0.6) is 0 Å². The van der Waals surface area contributed by atoms with Gasteiger partial charge in [-0.15, -0.1) is 0 Å². The molecule has 0 radical (unpaired) electrons. The highest BCUT2D eigenvalue weighted by Crippen LogP contribution is 2.22. The van der Waals surface area contributed by atoms with Gasteiger partial charge in [0.25, 0.3) is 0 Å². The predicted octanol–water partition coefficient (Wildman–Crippen LogP) is 2.79. The Labute approximate surface area is 123 Å². The average molecular weight is 311 g/mol. The van der Waals surface area contributed by atoms with Crippen LogP contribution < -0.4 is 4.72 Å². The predicted molar refractivity (Wildman–Crippen MR) is 79.9 cm³/mol. The van der Waals surface area contributed by atoms with E-state index in [0.29, 0.717) is 5.56 Å². The number of H-pyrrole nitrogens is 1. The molecule has 0 fully saturated rings. The SMILES string of the molecule is CC(C)(C)c1cc(NS(=O)(=O)Cc2ccc(F)cc2)n[nH]1. The van der Waals surface area contributed by atoms with E-state index < -0.39 is 15.8 Å². The van der Waals surface area contributed by atoms with Gasteiger partial charge in [-0.1, -0.05) is 32.9 Å². The number of sulfonamides is 1. The molecule has 1 aromatic carbocycles. The summed E-state index contributed by atoms with van der Waals surface area (Å²) in [5.41, 5.74) is 1.20. The summed E-state index contributed by atoms with van der Waals surface area (Å²) in [5, 5.41) is 6.76. The van der Waals surface area contributed by atoms with Crippen LogP contribution in [0.3, 0.4) is 0 Å². The fourth-order valence-corrected chi connectivity index (χ4v) is 2.88. The molecule has 0 saturated carbocycles. The molecule has 0 atom stereocenters. The number of benzene rings is 1. The summed E-state index contributed by atoms with van der Waals surface area (Å²) in [7, 11) is -3.59. The number of aromatic nitrogens is 2. The Morgan fingerprint density at radius 2 is 1.86 bits per heavy atom. The van der Waals surface area contributed by atoms with Crippen LogP contribution in [-0.4, -0.2) is 18.6 Å². The van der Waals surface area contributed by atoms with Gasteiger partial charge in [-0.3, -0.25) is 9.82 Å². The molecule has 21 heavy (non-hydrogen) atoms. The second-order valence-corrected chi connectivity index (χ2v) is 7.63. The molecule has 7 heteroatoms. The molecule has 2 N–H and O–H groups in total. The van der Waals surface area contributed by atoms with Gasteiger partial charge in [0.05, 0.1) is 5.75 Å². The fraction of sp³-hybridized carbons (Fsp3) is 0.357. The number of nitrogens with zero attached hydrogens (tertiary/aromatic N) is 1. The Morgan fingerprint density at radius 1 is 1.24 bits per heavy atom. The average Bonchev–Trinajstić information content (AvgIpc) is 2.79. The molecule has 0 spiro atoms. The second-order valence-electron chi connectivity index (χ2n) is 5.90. The van der Waals surface area contributed by atoms with Crippen LogP contribution in [-0.2, 0) is 21.2 Å². The van der Waals surface area contributed by atoms with Gasteiger partial charge >= 0.3 is 0 Å². The van der Waals surface area contributed by atoms with E-state index in [-0.39, 0.29) is 17.0 Å². The van der Waals surface area contributed by atoms with Crippen LogP contribution in [0.2, 0.25) is 0 Å². The molecule has 0 saturated heterocycles. The van der Waals surface area contributed by atoms with Gasteiger partial charge in [-0.25, -0.2) is 12.8 Å². The van der Waals surface area contributed by atoms with Gasteiger partial charge in [-0.2, -0.15) is 5.10 Å². The van der Waals surface area contributed by atoms with Crippen LogP contribution >= 0.6 is 0 Å². The molecular weight excluding hydrogens is 293 g/mol. The fourth-order valence-electron chi connectivity index (χ4n) is 1.75. The van der Waals surface area contributed by atoms with Gasteiger partial charge < -0.3 is 0 Å². The molecule has 114 valence electrons. The molecule has 0 aliphatic rings. The van der Waals surface area contributed by atoms with Crippen molar-refractivity contribution in [2.45, 2.75) is 31.9 Å². The maximum Gasteiger partial charge on any atom is 0.238 e. The first kappa shape index (κ1) is 15.5. The molecular formula is C14H18FN3O2S. The molecule has 2 rings (SSSR count). The van der Waals surface area contributed by atoms with Crippen molar-refractivity contribution < 1.29 is 12.8 Å². The third kappa shape index (κ3) is 4.29. The smallest absolute Gasteiger partial charge is 0.238 e. The van der Waals surface area contributed by atoms with Crippen molar-refractivity contribution in [3.05, 3.63) is 47.4 Å². The zero-order valence-electron chi connectivity index (χ0n) is 12.1. The Morgan fingerprint density at radius 3 is 2.38 bits per heavy atom. The molecule has 0 unspecified atom stereocenters. The van der Waals surface area contributed by atoms with Gasteiger partial charge in [0.15, 0.2) is 5.82 Å². The van der Waals surface area contributed by atoms with Crippen LogP contribution in [0.1, 0.15) is 32.0 Å². The normalized spacial score (nSPS) is 12.4. The largest absolute Gasteiger partial charge is 0.280 e. The zero-order valence-corrected chi connectivity index (χ0v) is 13.0. The van der Waals surface area contributed by atoms with Gasteiger partial charge in [0.2, 0.25) is 10.0 Å². The van der Waals surface area contributed by atoms with Crippen molar-refractivity contribution in [1.29, 1.82) is 0 Å². The van der Waals surface area contributed by atoms with E-state index in [2.05, 4.69) is 14.9 Å². The minimum absolute atomic E-state index is 0.145. The molecule has 0 amide bonds. The summed E-state index contributed by atoms with van der Waals surface area (Å²) in [6.45, 7) is 5.99. The lowest BCUT2D eigenvalue weighted by Gasteiger charge is -2.14. The molecule has 0 aliphatic heterocycles. The number of hydrogen-bond donors (Lipinski definition) is 2. The Balaban J connectivity index is 2.10. The third-order valence-electron chi connectivity index (χ3n) is 2.92. The molecule has 1 heterocycles. The van der Waals surface area contributed by atoms with Crippen molar-refractivity contribution in [1.82, 2.24) is 10.2 Å². The third-order valence-corrected chi connectivity index (χ3v) is 4.15. The van der Waals surface area contributed by atoms with E-state index in [1.807, 2.05) is 20.8 Å². The summed E-state index contributed by atoms with van der Waals surface area (Å²) in [4.78, 5) is 0. The van der Waals surface area contributed by atoms with E-state index in [0.717, 1.165) is 5.69 Å². The highest BCUT2D eigenvalue weighted by molar-refractivity contribution is 7.91. The van der Waals surface area contributed by atoms with E-state index in [4.69, 9.17) is 0 Å². The summed E-state index contributed by atoms with van der Waals surface area (Å²) in [6, 6.07) is 7.02. The summed E-state index contributed by atoms with van der Waals surface area (Å²) >= 11 is 0. The molecule has 5 nitrogen and oxygen atoms in total. The number of nitrogens with one attached hydrogen (secondary N) is 2. The van der Waals surface area contributed by atoms with Crippen LogP contribution in [0, 0.1) is 5.82 Å². The highest BCUT2D eigenvalue weighted by Gasteiger charge is 2.19. The first-order valence-electron chi connectivity index (χ1n) is 6.46. The number of halogens is 1. The van der Waals surface area contributed by atoms with Gasteiger partial charge in [-0.05, 0) is 17.7 Å². The maximum absolute atomic E-state index is 12.8. The van der Waals surface area contributed by atoms with E-state index in [1.165, 1.54) is 24.3 Å². The Kier molecular flexibility index (Phi) is 4.04. The number of hydrogen-bond acceptors (Lipinski definition) is 3. The zero-order chi connectivity index (χ0) is 15.7. The van der Waals surface area contributed by atoms with Crippen molar-refractivity contribution in [3.63, 3.8) is 0 Å². The van der Waals surface area contributed by atoms with E-state index in [9.17, 15) is 12.8 Å². The lowest BCUT2D eigenvalue weighted by atomic mass is 9.92. The topological polar surface area (TPSA) is 74.8 Å². The summed E-state index contributed by atoms with van der Waals surface area (Å²) < 4.78 is 39.3. The van der Waals surface area contributed by atoms with Crippen LogP contribution in [0.25, 0.3) is 0 Å². The van der Waals surface area contributed by atoms with Crippen LogP contribution in [0.4, 0.5) is 10.2 Å². The lowest BCUT2D eigenvalue weighted by Crippen LogP contribution is -2.15. The minimum Gasteiger partial charge on any atom is -0.280 e. The quantitative estimate of drug-likeness (QED) is 0.911. The highest BCUT2D eigenvalue weighted by atomic mass is 32.2. The van der Waals surface area contributed by atoms with Crippen molar-refractivity contribution in [3.8, 4) is 0 Å². The summed E-state index contributed by atoms with van der Waals surface area (Å²) in [5.74, 6) is -0.376. The minimum atomic E-state index is -3.59. The molecule has 1 aromatic heterocycles. The second kappa shape index (κ2) is 5.48. The number of rotatable bonds is 4. The standard InChI is InChI=1S/C14H18FN3O2S/c1-14(2,3)12-8-13(17-16-12)18-21(19,20)9-10-4-6-11(15)7-5-10/h4-8H,9H2,1-3H3,(H2,16,17,18). The van der Waals surface area contributed by atoms with Crippen LogP contribution in [0.15, 0.2) is 30.3 Å². The van der Waals surface area contributed by atoms with E-state index in [1.54, 1.807) is 6.07 Å². The first-order valence-corrected chi connectivity index (χ1v) is 8.12. The Bertz CT molecular complexity index is 715. The molecule has 2 aromatic rings. The summed E-state index contributed by atoms with van der Waals surface area (Å²) in [6.07, 6.45) is 0. The number of anilines is 1. The van der Waals surface area contributed by atoms with Crippen molar-refractivity contribution in [2.24, 2.45) is 0 Å². The first-order chi connectivity index (χ1) is 9.66. The number of aromatic amines is 1. The molecule has 0 bridgehead atoms. The van der Waals surface area contributed by atoms with Crippen molar-refractivity contribution in [2.75, 3.05) is 4.72 Å². The van der Waals surface area contributed by atoms with E-state index >= 15 is 0 Å². The lowest BCUT2D eigenvalue weighted by molar-refractivity contribution is 0.567. The monoisotopic (exact) mass is 311 g/mol. The van der Waals surface area contributed by atoms with Gasteiger partial charge in [0, 0.05) is 17.2 Å². The van der Waals surface area contributed by atoms with Crippen molar-refractivity contribution >= 4 is 15.8 Å². The van der Waals surface area contributed by atoms with Gasteiger partial charge in [0.1, 0.15) is 5.82 Å². The Hall–Kier alpha value is -1.89. The maximum atomic E-state index is 12.8. The molecule has 0 aliphatic carbocycles.